The quantitative estimate of drug-likeness (QED) is 0.551. The molecule has 0 saturated carbocycles. The van der Waals surface area contributed by atoms with Crippen LogP contribution in [0.4, 0.5) is 0 Å². The first-order valence-electron chi connectivity index (χ1n) is 1.40. The van der Waals surface area contributed by atoms with Gasteiger partial charge in [-0.15, -0.1) is 0 Å². The molecule has 42 valence electrons. The average Bonchev–Trinajstić information content (AvgIpc) is 1.27. The molecule has 7 heavy (non-hydrogen) atoms. The molecule has 0 bridgehead atoms. The van der Waals surface area contributed by atoms with Gasteiger partial charge in [0.15, 0.2) is 0 Å². The first kappa shape index (κ1) is 7.26. The lowest BCUT2D eigenvalue weighted by molar-refractivity contribution is -0.133. The molecule has 0 unspecified atom stereocenters. The topological polar surface area (TPSA) is 37.3 Å². The van der Waals surface area contributed by atoms with Crippen LogP contribution in [0.25, 0.3) is 0 Å². The van der Waals surface area contributed by atoms with Crippen molar-refractivity contribution < 1.29 is 9.90 Å². The molecule has 0 atom stereocenters. The molecule has 0 fully saturated rings. The van der Waals surface area contributed by atoms with Gasteiger partial charge in [0.05, 0.1) is 0 Å². The lowest BCUT2D eigenvalue weighted by atomic mass is 10.8. The van der Waals surface area contributed by atoms with Gasteiger partial charge in [0, 0.05) is 0 Å². The van der Waals surface area contributed by atoms with Crippen molar-refractivity contribution in [2.45, 2.75) is 0 Å². The highest BCUT2D eigenvalue weighted by molar-refractivity contribution is 8.46. The zero-order chi connectivity index (χ0) is 5.86. The lowest BCUT2D eigenvalue weighted by Gasteiger charge is -1.90. The minimum absolute atomic E-state index is 0.0648. The maximum atomic E-state index is 9.68. The first-order valence-corrected chi connectivity index (χ1v) is 4.65. The van der Waals surface area contributed by atoms with E-state index in [0.29, 0.717) is 0 Å². The zero-order valence-corrected chi connectivity index (χ0v) is 5.74. The highest BCUT2D eigenvalue weighted by atomic mass is 33.1. The zero-order valence-electron chi connectivity index (χ0n) is 3.29. The Morgan fingerprint density at radius 1 is 1.71 bits per heavy atom. The van der Waals surface area contributed by atoms with Gasteiger partial charge in [-0.05, 0) is 5.75 Å². The van der Waals surface area contributed by atoms with Gasteiger partial charge < -0.3 is 13.1 Å². The lowest BCUT2D eigenvalue weighted by Crippen LogP contribution is -2.01. The van der Waals surface area contributed by atoms with Gasteiger partial charge in [-0.25, -0.2) is 0 Å². The summed E-state index contributed by atoms with van der Waals surface area (Å²) in [6.07, 6.45) is 0. The summed E-state index contributed by atoms with van der Waals surface area (Å²) in [5.41, 5.74) is 0. The van der Waals surface area contributed by atoms with Crippen molar-refractivity contribution in [2.75, 3.05) is 5.75 Å². The second-order valence-corrected chi connectivity index (χ2v) is 4.79. The minimum Gasteiger partial charge on any atom is -0.483 e. The van der Waals surface area contributed by atoms with Gasteiger partial charge in [0.2, 0.25) is 0 Å². The molecule has 1 N–H and O–H groups in total. The Bertz CT molecular complexity index is 128. The van der Waals surface area contributed by atoms with Gasteiger partial charge in [-0.3, -0.25) is 27.2 Å². The fourth-order valence-electron chi connectivity index (χ4n) is 0.101. The van der Waals surface area contributed by atoms with Crippen LogP contribution in [0.2, 0.25) is 0 Å². The number of carbonyl (C=O) groups is 1. The minimum atomic E-state index is -0.909. The Balaban J connectivity index is 3.53. The molecule has 0 rings (SSSR count). The molecule has 0 spiro atoms. The Morgan fingerprint density at radius 3 is 2.14 bits per heavy atom. The van der Waals surface area contributed by atoms with Crippen LogP contribution in [0.1, 0.15) is 0 Å². The smallest absolute Gasteiger partial charge is 0.283 e. The number of aliphatic carboxylic acids is 1. The van der Waals surface area contributed by atoms with Crippen LogP contribution in [0.5, 0.6) is 0 Å². The second kappa shape index (κ2) is 3.29. The molecule has 0 aliphatic rings. The predicted octanol–water partition coefficient (Wildman–Crippen LogP) is -0.387. The monoisotopic (exact) mass is 155 g/mol. The van der Waals surface area contributed by atoms with Crippen molar-refractivity contribution in [3.63, 3.8) is 0 Å². The van der Waals surface area contributed by atoms with Crippen LogP contribution in [0.3, 0.4) is 0 Å². The molecule has 0 radical (unpaired) electrons. The SMILES string of the molecule is O=C(O)C[S-](=S)=S. The van der Waals surface area contributed by atoms with Crippen LogP contribution >= 0.6 is 0 Å². The highest BCUT2D eigenvalue weighted by Gasteiger charge is 1.80. The summed E-state index contributed by atoms with van der Waals surface area (Å²) in [5, 5.41) is 7.96. The summed E-state index contributed by atoms with van der Waals surface area (Å²) >= 11 is 8.83. The van der Waals surface area contributed by atoms with Crippen molar-refractivity contribution in [2.24, 2.45) is 0 Å². The Labute approximate surface area is 52.4 Å². The summed E-state index contributed by atoms with van der Waals surface area (Å²) in [6, 6.07) is 0. The number of hydrogen-bond acceptors (Lipinski definition) is 4. The van der Waals surface area contributed by atoms with E-state index in [9.17, 15) is 4.79 Å². The van der Waals surface area contributed by atoms with Crippen molar-refractivity contribution in [3.8, 4) is 0 Å². The third-order valence-corrected chi connectivity index (χ3v) is 1.43. The molecule has 0 aliphatic heterocycles. The molecule has 0 aromatic heterocycles. The van der Waals surface area contributed by atoms with E-state index in [2.05, 4.69) is 22.4 Å². The van der Waals surface area contributed by atoms with Gasteiger partial charge in [-0.1, -0.05) is 0 Å². The van der Waals surface area contributed by atoms with Crippen LogP contribution in [-0.2, 0) is 35.2 Å². The van der Waals surface area contributed by atoms with E-state index in [4.69, 9.17) is 5.11 Å². The molecule has 0 heterocycles. The van der Waals surface area contributed by atoms with Gasteiger partial charge in [-0.2, -0.15) is 0 Å². The van der Waals surface area contributed by atoms with Crippen LogP contribution in [0.15, 0.2) is 0 Å². The van der Waals surface area contributed by atoms with E-state index in [-0.39, 0.29) is 5.75 Å². The van der Waals surface area contributed by atoms with Gasteiger partial charge in [0.1, 0.15) is 0 Å². The fourth-order valence-corrected chi connectivity index (χ4v) is 0.907. The molecule has 0 aliphatic carbocycles. The van der Waals surface area contributed by atoms with Crippen LogP contribution in [-0.4, -0.2) is 16.8 Å². The molecular weight excluding hydrogens is 152 g/mol. The van der Waals surface area contributed by atoms with Crippen molar-refractivity contribution >= 4 is 36.4 Å². The third-order valence-electron chi connectivity index (χ3n) is 0.241. The standard InChI is InChI=1S/C2H3O2S3/c3-2(4)1-7(5)6/h1H2,(H,3,4)/q-1. The van der Waals surface area contributed by atoms with E-state index >= 15 is 0 Å². The maximum absolute atomic E-state index is 9.68. The molecule has 0 saturated heterocycles. The summed E-state index contributed by atoms with van der Waals surface area (Å²) in [5.74, 6) is -0.974. The van der Waals surface area contributed by atoms with E-state index in [1.807, 2.05) is 0 Å². The van der Waals surface area contributed by atoms with E-state index < -0.39 is 14.0 Å². The molecule has 0 amide bonds. The highest BCUT2D eigenvalue weighted by Crippen LogP contribution is 1.65. The van der Waals surface area contributed by atoms with Crippen LogP contribution < -0.4 is 0 Å². The van der Waals surface area contributed by atoms with Gasteiger partial charge in [0.25, 0.3) is 5.97 Å². The molecule has 5 heteroatoms. The first-order chi connectivity index (χ1) is 3.13. The summed E-state index contributed by atoms with van der Waals surface area (Å²) in [7, 11) is -0.779. The van der Waals surface area contributed by atoms with Crippen molar-refractivity contribution in [1.29, 1.82) is 0 Å². The Hall–Kier alpha value is 0.260. The summed E-state index contributed by atoms with van der Waals surface area (Å²) in [6.45, 7) is 0. The Kier molecular flexibility index (Phi) is 3.41. The van der Waals surface area contributed by atoms with Crippen molar-refractivity contribution in [1.82, 2.24) is 0 Å². The summed E-state index contributed by atoms with van der Waals surface area (Å²) in [4.78, 5) is 9.68. The third kappa shape index (κ3) is 6.26. The second-order valence-electron chi connectivity index (χ2n) is 0.842. The summed E-state index contributed by atoms with van der Waals surface area (Å²) < 4.78 is 0. The number of rotatable bonds is 2. The molecular formula is C2H3O2S3-. The average molecular weight is 155 g/mol. The number of carboxylic acids is 1. The van der Waals surface area contributed by atoms with E-state index in [0.717, 1.165) is 0 Å². The largest absolute Gasteiger partial charge is 0.483 e. The van der Waals surface area contributed by atoms with E-state index in [1.165, 1.54) is 0 Å². The van der Waals surface area contributed by atoms with Crippen molar-refractivity contribution in [3.05, 3.63) is 0 Å². The molecule has 0 aromatic carbocycles. The fraction of sp³-hybridized carbons (Fsp3) is 0.500. The number of carboxylic acid groups (broad SMARTS) is 1. The van der Waals surface area contributed by atoms with E-state index in [1.54, 1.807) is 0 Å². The van der Waals surface area contributed by atoms with Crippen LogP contribution in [0, 0.1) is 0 Å². The maximum Gasteiger partial charge on any atom is 0.283 e. The Morgan fingerprint density at radius 2 is 2.14 bits per heavy atom. The normalized spacial score (nSPS) is 9.29. The predicted molar refractivity (Wildman–Crippen MR) is 34.6 cm³/mol. The number of hydrogen-bond donors (Lipinski definition) is 1. The molecule has 0 aromatic rings. The van der Waals surface area contributed by atoms with Gasteiger partial charge >= 0.3 is 0 Å². The molecule has 2 nitrogen and oxygen atoms in total.